The first-order chi connectivity index (χ1) is 5.61. The van der Waals surface area contributed by atoms with Gasteiger partial charge in [-0.1, -0.05) is 23.8 Å². The molecule has 3 heteroatoms. The third kappa shape index (κ3) is 2.05. The maximum absolute atomic E-state index is 13.1. The summed E-state index contributed by atoms with van der Waals surface area (Å²) in [6, 6.07) is 0. The fourth-order valence-electron chi connectivity index (χ4n) is 0.947. The summed E-state index contributed by atoms with van der Waals surface area (Å²) in [4.78, 5) is 0. The number of nitrogens with one attached hydrogen (secondary N) is 1. The Morgan fingerprint density at radius 3 is 2.92 bits per heavy atom. The van der Waals surface area contributed by atoms with Crippen LogP contribution in [0, 0.1) is 5.41 Å². The van der Waals surface area contributed by atoms with Crippen molar-refractivity contribution in [3.05, 3.63) is 34.7 Å². The van der Waals surface area contributed by atoms with Gasteiger partial charge in [0.1, 0.15) is 5.83 Å². The van der Waals surface area contributed by atoms with Crippen molar-refractivity contribution < 1.29 is 4.39 Å². The first-order valence-corrected chi connectivity index (χ1v) is 3.97. The maximum atomic E-state index is 13.1. The maximum Gasteiger partial charge on any atom is 0.133 e. The fraction of sp³-hybridized carbons (Fsp3) is 0.222. The van der Waals surface area contributed by atoms with Gasteiger partial charge in [-0.05, 0) is 13.0 Å². The van der Waals surface area contributed by atoms with Gasteiger partial charge in [-0.15, -0.1) is 0 Å². The van der Waals surface area contributed by atoms with Gasteiger partial charge >= 0.3 is 0 Å². The van der Waals surface area contributed by atoms with Crippen molar-refractivity contribution in [3.8, 4) is 0 Å². The van der Waals surface area contributed by atoms with E-state index in [1.807, 2.05) is 0 Å². The van der Waals surface area contributed by atoms with Gasteiger partial charge in [0.15, 0.2) is 0 Å². The van der Waals surface area contributed by atoms with Crippen molar-refractivity contribution in [3.63, 3.8) is 0 Å². The van der Waals surface area contributed by atoms with Crippen LogP contribution in [-0.4, -0.2) is 5.71 Å². The van der Waals surface area contributed by atoms with Crippen LogP contribution in [0.5, 0.6) is 0 Å². The zero-order chi connectivity index (χ0) is 9.14. The van der Waals surface area contributed by atoms with Crippen LogP contribution in [-0.2, 0) is 0 Å². The van der Waals surface area contributed by atoms with E-state index in [4.69, 9.17) is 17.0 Å². The van der Waals surface area contributed by atoms with E-state index in [2.05, 4.69) is 0 Å². The fourth-order valence-corrected chi connectivity index (χ4v) is 1.13. The van der Waals surface area contributed by atoms with Crippen LogP contribution in [0.4, 0.5) is 4.39 Å². The lowest BCUT2D eigenvalue weighted by molar-refractivity contribution is 0.662. The Kier molecular flexibility index (Phi) is 2.82. The van der Waals surface area contributed by atoms with E-state index in [0.717, 1.165) is 0 Å². The number of allylic oxidation sites excluding steroid dienone is 6. The molecule has 0 unspecified atom stereocenters. The molecule has 0 atom stereocenters. The minimum Gasteiger partial charge on any atom is -0.305 e. The lowest BCUT2D eigenvalue weighted by Gasteiger charge is -1.96. The second-order valence-electron chi connectivity index (χ2n) is 2.58. The molecule has 64 valence electrons. The summed E-state index contributed by atoms with van der Waals surface area (Å²) < 4.78 is 13.1. The van der Waals surface area contributed by atoms with E-state index < -0.39 is 5.83 Å². The average Bonchev–Trinajstić information content (AvgIpc) is 2.10. The summed E-state index contributed by atoms with van der Waals surface area (Å²) in [6.45, 7) is 1.55. The van der Waals surface area contributed by atoms with Gasteiger partial charge < -0.3 is 5.41 Å². The van der Waals surface area contributed by atoms with E-state index in [1.54, 1.807) is 19.1 Å². The molecule has 0 spiro atoms. The summed E-state index contributed by atoms with van der Waals surface area (Å²) >= 11 is 5.65. The van der Waals surface area contributed by atoms with Gasteiger partial charge in [0, 0.05) is 22.7 Å². The minimum atomic E-state index is -0.429. The number of rotatable bonds is 1. The molecule has 12 heavy (non-hydrogen) atoms. The molecular formula is C9H9ClFN. The highest BCUT2D eigenvalue weighted by Crippen LogP contribution is 2.21. The molecule has 0 saturated carbocycles. The Morgan fingerprint density at radius 1 is 1.67 bits per heavy atom. The van der Waals surface area contributed by atoms with E-state index in [1.165, 1.54) is 6.08 Å². The predicted molar refractivity (Wildman–Crippen MR) is 49.2 cm³/mol. The first-order valence-electron chi connectivity index (χ1n) is 3.59. The largest absolute Gasteiger partial charge is 0.305 e. The summed E-state index contributed by atoms with van der Waals surface area (Å²) in [5.74, 6) is -0.429. The molecule has 0 aliphatic heterocycles. The standard InChI is InChI=1S/C9H9ClFN/c1-6(12)8-4-2-3-7(10)5-9(8)11/h2,4-5,12H,3H2,1H3. The van der Waals surface area contributed by atoms with Gasteiger partial charge in [-0.2, -0.15) is 0 Å². The highest BCUT2D eigenvalue weighted by atomic mass is 35.5. The molecule has 1 rings (SSSR count). The van der Waals surface area contributed by atoms with E-state index in [0.29, 0.717) is 17.0 Å². The Morgan fingerprint density at radius 2 is 2.33 bits per heavy atom. The van der Waals surface area contributed by atoms with Crippen LogP contribution < -0.4 is 0 Å². The number of hydrogen-bond acceptors (Lipinski definition) is 1. The van der Waals surface area contributed by atoms with Crippen molar-refractivity contribution in [1.82, 2.24) is 0 Å². The second kappa shape index (κ2) is 3.68. The summed E-state index contributed by atoms with van der Waals surface area (Å²) in [5.41, 5.74) is 0.525. The molecule has 0 fully saturated rings. The molecule has 1 N–H and O–H groups in total. The molecule has 1 aliphatic carbocycles. The zero-order valence-electron chi connectivity index (χ0n) is 6.70. The normalized spacial score (nSPS) is 17.4. The molecule has 0 saturated heterocycles. The lowest BCUT2D eigenvalue weighted by Crippen LogP contribution is -1.93. The van der Waals surface area contributed by atoms with Crippen LogP contribution in [0.1, 0.15) is 13.3 Å². The Labute approximate surface area is 75.7 Å². The molecule has 0 aromatic rings. The Bertz CT molecular complexity index is 300. The van der Waals surface area contributed by atoms with Crippen LogP contribution in [0.25, 0.3) is 0 Å². The van der Waals surface area contributed by atoms with Crippen molar-refractivity contribution >= 4 is 17.3 Å². The quantitative estimate of drug-likeness (QED) is 0.606. The van der Waals surface area contributed by atoms with Crippen LogP contribution in [0.15, 0.2) is 34.7 Å². The molecule has 1 nitrogen and oxygen atoms in total. The lowest BCUT2D eigenvalue weighted by atomic mass is 10.1. The minimum absolute atomic E-state index is 0.214. The third-order valence-corrected chi connectivity index (χ3v) is 1.81. The van der Waals surface area contributed by atoms with Crippen molar-refractivity contribution in [1.29, 1.82) is 5.41 Å². The van der Waals surface area contributed by atoms with Crippen molar-refractivity contribution in [2.24, 2.45) is 0 Å². The highest BCUT2D eigenvalue weighted by molar-refractivity contribution is 6.30. The molecule has 1 aliphatic rings. The first kappa shape index (κ1) is 9.20. The van der Waals surface area contributed by atoms with Gasteiger partial charge in [-0.3, -0.25) is 0 Å². The summed E-state index contributed by atoms with van der Waals surface area (Å²) in [5, 5.41) is 7.72. The summed E-state index contributed by atoms with van der Waals surface area (Å²) in [6.07, 6.45) is 5.13. The van der Waals surface area contributed by atoms with Crippen LogP contribution >= 0.6 is 11.6 Å². The zero-order valence-corrected chi connectivity index (χ0v) is 7.45. The molecule has 0 heterocycles. The van der Waals surface area contributed by atoms with Gasteiger partial charge in [-0.25, -0.2) is 4.39 Å². The van der Waals surface area contributed by atoms with Gasteiger partial charge in [0.2, 0.25) is 0 Å². The Balaban J connectivity index is 3.11. The van der Waals surface area contributed by atoms with Crippen LogP contribution in [0.3, 0.4) is 0 Å². The van der Waals surface area contributed by atoms with Gasteiger partial charge in [0.05, 0.1) is 0 Å². The Hall–Kier alpha value is -0.890. The predicted octanol–water partition coefficient (Wildman–Crippen LogP) is 3.33. The third-order valence-electron chi connectivity index (χ3n) is 1.54. The highest BCUT2D eigenvalue weighted by Gasteiger charge is 2.07. The van der Waals surface area contributed by atoms with E-state index in [9.17, 15) is 4.39 Å². The van der Waals surface area contributed by atoms with Crippen LogP contribution in [0.2, 0.25) is 0 Å². The number of hydrogen-bond donors (Lipinski definition) is 1. The molecular weight excluding hydrogens is 177 g/mol. The topological polar surface area (TPSA) is 23.9 Å². The average molecular weight is 186 g/mol. The second-order valence-corrected chi connectivity index (χ2v) is 3.07. The summed E-state index contributed by atoms with van der Waals surface area (Å²) in [7, 11) is 0. The van der Waals surface area contributed by atoms with Crippen molar-refractivity contribution in [2.45, 2.75) is 13.3 Å². The number of halogens is 2. The molecule has 0 aromatic heterocycles. The van der Waals surface area contributed by atoms with E-state index in [-0.39, 0.29) is 5.71 Å². The van der Waals surface area contributed by atoms with Gasteiger partial charge in [0.25, 0.3) is 0 Å². The molecule has 0 bridgehead atoms. The SMILES string of the molecule is CC(=N)C1=C(F)C=C(Cl)CC=C1. The molecule has 0 aromatic carbocycles. The smallest absolute Gasteiger partial charge is 0.133 e. The molecule has 0 amide bonds. The van der Waals surface area contributed by atoms with Crippen molar-refractivity contribution in [2.75, 3.05) is 0 Å². The monoisotopic (exact) mass is 185 g/mol. The molecule has 0 radical (unpaired) electrons. The van der Waals surface area contributed by atoms with E-state index >= 15 is 0 Å².